The molecule has 1 aromatic heterocycles. The smallest absolute Gasteiger partial charge is 0.331 e. The van der Waals surface area contributed by atoms with E-state index in [9.17, 15) is 9.59 Å². The SMILES string of the molecule is Cc1nn(C)c(C)c1/C=C\C(=O)OCC(N)=O. The summed E-state index contributed by atoms with van der Waals surface area (Å²) >= 11 is 0. The van der Waals surface area contributed by atoms with Gasteiger partial charge in [0.15, 0.2) is 6.61 Å². The van der Waals surface area contributed by atoms with E-state index in [0.717, 1.165) is 17.0 Å². The minimum Gasteiger partial charge on any atom is -0.452 e. The van der Waals surface area contributed by atoms with Gasteiger partial charge in [-0.3, -0.25) is 9.48 Å². The van der Waals surface area contributed by atoms with Gasteiger partial charge in [0.05, 0.1) is 5.69 Å². The number of carbonyl (C=O) groups is 2. The van der Waals surface area contributed by atoms with Crippen molar-refractivity contribution in [3.05, 3.63) is 23.0 Å². The molecule has 0 bridgehead atoms. The number of ether oxygens (including phenoxy) is 1. The first kappa shape index (κ1) is 13.0. The number of hydrogen-bond acceptors (Lipinski definition) is 4. The number of aryl methyl sites for hydroxylation is 2. The van der Waals surface area contributed by atoms with Crippen LogP contribution >= 0.6 is 0 Å². The Hall–Kier alpha value is -2.11. The maximum absolute atomic E-state index is 11.2. The molecule has 0 unspecified atom stereocenters. The molecule has 17 heavy (non-hydrogen) atoms. The summed E-state index contributed by atoms with van der Waals surface area (Å²) in [5.41, 5.74) is 7.48. The van der Waals surface area contributed by atoms with Crippen molar-refractivity contribution in [2.75, 3.05) is 6.61 Å². The van der Waals surface area contributed by atoms with Crippen molar-refractivity contribution in [2.24, 2.45) is 12.8 Å². The number of aromatic nitrogens is 2. The molecule has 0 saturated carbocycles. The molecule has 0 aliphatic carbocycles. The molecular formula is C11H15N3O3. The molecule has 0 saturated heterocycles. The van der Waals surface area contributed by atoms with E-state index in [-0.39, 0.29) is 0 Å². The fraction of sp³-hybridized carbons (Fsp3) is 0.364. The molecule has 0 aromatic carbocycles. The Balaban J connectivity index is 2.70. The van der Waals surface area contributed by atoms with Crippen LogP contribution in [0.3, 0.4) is 0 Å². The van der Waals surface area contributed by atoms with Gasteiger partial charge >= 0.3 is 5.97 Å². The maximum atomic E-state index is 11.2. The van der Waals surface area contributed by atoms with E-state index >= 15 is 0 Å². The van der Waals surface area contributed by atoms with Gasteiger partial charge in [0, 0.05) is 24.4 Å². The number of rotatable bonds is 4. The number of amides is 1. The second-order valence-corrected chi connectivity index (χ2v) is 3.62. The Labute approximate surface area is 99.0 Å². The van der Waals surface area contributed by atoms with Crippen LogP contribution in [0.15, 0.2) is 6.08 Å². The molecule has 1 heterocycles. The van der Waals surface area contributed by atoms with Crippen LogP contribution in [0.25, 0.3) is 6.08 Å². The number of esters is 1. The highest BCUT2D eigenvalue weighted by Gasteiger charge is 2.07. The predicted molar refractivity (Wildman–Crippen MR) is 61.9 cm³/mol. The van der Waals surface area contributed by atoms with Crippen LogP contribution in [0, 0.1) is 13.8 Å². The zero-order chi connectivity index (χ0) is 13.0. The largest absolute Gasteiger partial charge is 0.452 e. The van der Waals surface area contributed by atoms with Gasteiger partial charge in [-0.15, -0.1) is 0 Å². The second kappa shape index (κ2) is 5.29. The van der Waals surface area contributed by atoms with Crippen molar-refractivity contribution < 1.29 is 14.3 Å². The molecule has 0 radical (unpaired) electrons. The van der Waals surface area contributed by atoms with Crippen molar-refractivity contribution >= 4 is 18.0 Å². The molecule has 0 spiro atoms. The lowest BCUT2D eigenvalue weighted by Gasteiger charge is -1.97. The number of hydrogen-bond donors (Lipinski definition) is 1. The quantitative estimate of drug-likeness (QED) is 0.593. The summed E-state index contributed by atoms with van der Waals surface area (Å²) in [6.07, 6.45) is 2.86. The first-order valence-electron chi connectivity index (χ1n) is 5.05. The number of nitrogens with zero attached hydrogens (tertiary/aromatic N) is 2. The van der Waals surface area contributed by atoms with E-state index in [1.165, 1.54) is 6.08 Å². The summed E-state index contributed by atoms with van der Waals surface area (Å²) in [5.74, 6) is -1.29. The molecule has 92 valence electrons. The molecule has 0 fully saturated rings. The number of nitrogens with two attached hydrogens (primary N) is 1. The van der Waals surface area contributed by atoms with Crippen LogP contribution in [0.4, 0.5) is 0 Å². The van der Waals surface area contributed by atoms with Gasteiger partial charge in [-0.05, 0) is 19.9 Å². The van der Waals surface area contributed by atoms with E-state index in [1.54, 1.807) is 10.8 Å². The summed E-state index contributed by atoms with van der Waals surface area (Å²) in [6, 6.07) is 0. The fourth-order valence-electron chi connectivity index (χ4n) is 1.37. The van der Waals surface area contributed by atoms with Crippen LogP contribution in [-0.2, 0) is 21.4 Å². The molecular weight excluding hydrogens is 222 g/mol. The van der Waals surface area contributed by atoms with Gasteiger partial charge in [0.25, 0.3) is 5.91 Å². The predicted octanol–water partition coefficient (Wildman–Crippen LogP) is 0.0786. The molecule has 6 heteroatoms. The van der Waals surface area contributed by atoms with Crippen LogP contribution < -0.4 is 5.73 Å². The third kappa shape index (κ3) is 3.44. The molecule has 0 aliphatic heterocycles. The average Bonchev–Trinajstić information content (AvgIpc) is 2.48. The van der Waals surface area contributed by atoms with E-state index < -0.39 is 18.5 Å². The third-order valence-corrected chi connectivity index (χ3v) is 2.31. The average molecular weight is 237 g/mol. The zero-order valence-electron chi connectivity index (χ0n) is 10.1. The van der Waals surface area contributed by atoms with Gasteiger partial charge in [0.1, 0.15) is 0 Å². The summed E-state index contributed by atoms with van der Waals surface area (Å²) in [5, 5.41) is 4.20. The van der Waals surface area contributed by atoms with E-state index in [0.29, 0.717) is 0 Å². The maximum Gasteiger partial charge on any atom is 0.331 e. The van der Waals surface area contributed by atoms with Crippen LogP contribution in [0.5, 0.6) is 0 Å². The Morgan fingerprint density at radius 1 is 1.47 bits per heavy atom. The van der Waals surface area contributed by atoms with E-state index in [4.69, 9.17) is 5.73 Å². The molecule has 2 N–H and O–H groups in total. The van der Waals surface area contributed by atoms with Crippen molar-refractivity contribution in [1.82, 2.24) is 9.78 Å². The molecule has 1 rings (SSSR count). The summed E-state index contributed by atoms with van der Waals surface area (Å²) in [4.78, 5) is 21.6. The Morgan fingerprint density at radius 2 is 2.12 bits per heavy atom. The Morgan fingerprint density at radius 3 is 2.59 bits per heavy atom. The van der Waals surface area contributed by atoms with Crippen molar-refractivity contribution in [1.29, 1.82) is 0 Å². The first-order valence-corrected chi connectivity index (χ1v) is 5.05. The topological polar surface area (TPSA) is 87.2 Å². The number of carbonyl (C=O) groups excluding carboxylic acids is 2. The minimum absolute atomic E-state index is 0.409. The van der Waals surface area contributed by atoms with E-state index in [1.807, 2.05) is 20.9 Å². The lowest BCUT2D eigenvalue weighted by molar-refractivity contribution is -0.142. The summed E-state index contributed by atoms with van der Waals surface area (Å²) in [7, 11) is 1.82. The fourth-order valence-corrected chi connectivity index (χ4v) is 1.37. The van der Waals surface area contributed by atoms with Crippen molar-refractivity contribution in [3.63, 3.8) is 0 Å². The molecule has 0 aliphatic rings. The lowest BCUT2D eigenvalue weighted by Crippen LogP contribution is -2.19. The van der Waals surface area contributed by atoms with Gasteiger partial charge in [-0.25, -0.2) is 4.79 Å². The van der Waals surface area contributed by atoms with Gasteiger partial charge < -0.3 is 10.5 Å². The Kier molecular flexibility index (Phi) is 4.03. The van der Waals surface area contributed by atoms with Crippen LogP contribution in [-0.4, -0.2) is 28.3 Å². The van der Waals surface area contributed by atoms with Gasteiger partial charge in [-0.1, -0.05) is 0 Å². The minimum atomic E-state index is -0.680. The molecule has 1 aromatic rings. The molecule has 6 nitrogen and oxygen atoms in total. The standard InChI is InChI=1S/C11H15N3O3/c1-7-9(8(2)14(3)13-7)4-5-11(16)17-6-10(12)15/h4-5H,6H2,1-3H3,(H2,12,15)/b5-4-. The highest BCUT2D eigenvalue weighted by Crippen LogP contribution is 2.13. The third-order valence-electron chi connectivity index (χ3n) is 2.31. The Bertz CT molecular complexity index is 475. The van der Waals surface area contributed by atoms with Crippen molar-refractivity contribution in [3.8, 4) is 0 Å². The number of primary amides is 1. The summed E-state index contributed by atoms with van der Waals surface area (Å²) in [6.45, 7) is 3.34. The highest BCUT2D eigenvalue weighted by molar-refractivity contribution is 5.89. The normalized spacial score (nSPS) is 10.8. The monoisotopic (exact) mass is 237 g/mol. The first-order chi connectivity index (χ1) is 7.91. The second-order valence-electron chi connectivity index (χ2n) is 3.62. The van der Waals surface area contributed by atoms with Crippen molar-refractivity contribution in [2.45, 2.75) is 13.8 Å². The molecule has 1 amide bonds. The summed E-state index contributed by atoms with van der Waals surface area (Å²) < 4.78 is 6.31. The van der Waals surface area contributed by atoms with Gasteiger partial charge in [-0.2, -0.15) is 5.10 Å². The van der Waals surface area contributed by atoms with Crippen LogP contribution in [0.1, 0.15) is 17.0 Å². The molecule has 0 atom stereocenters. The van der Waals surface area contributed by atoms with E-state index in [2.05, 4.69) is 9.84 Å². The van der Waals surface area contributed by atoms with Crippen LogP contribution in [0.2, 0.25) is 0 Å². The lowest BCUT2D eigenvalue weighted by atomic mass is 10.2. The zero-order valence-corrected chi connectivity index (χ0v) is 10.1. The highest BCUT2D eigenvalue weighted by atomic mass is 16.5. The van der Waals surface area contributed by atoms with Gasteiger partial charge in [0.2, 0.25) is 0 Å².